The number of aliphatic hydroxyl groups excluding tert-OH is 1. The van der Waals surface area contributed by atoms with Gasteiger partial charge in [-0.05, 0) is 73.7 Å². The van der Waals surface area contributed by atoms with Gasteiger partial charge in [-0.1, -0.05) is 11.6 Å². The van der Waals surface area contributed by atoms with Crippen molar-refractivity contribution < 1.29 is 9.84 Å². The van der Waals surface area contributed by atoms with Crippen molar-refractivity contribution in [1.82, 2.24) is 14.7 Å². The van der Waals surface area contributed by atoms with E-state index in [0.717, 1.165) is 42.0 Å². The Morgan fingerprint density at radius 2 is 2.19 bits per heavy atom. The van der Waals surface area contributed by atoms with E-state index in [2.05, 4.69) is 23.6 Å². The number of benzene rings is 1. The van der Waals surface area contributed by atoms with E-state index in [4.69, 9.17) is 21.3 Å². The molecule has 5 nitrogen and oxygen atoms in total. The maximum Gasteiger partial charge on any atom is 0.137 e. The van der Waals surface area contributed by atoms with Gasteiger partial charge in [0.2, 0.25) is 0 Å². The van der Waals surface area contributed by atoms with E-state index in [9.17, 15) is 5.11 Å². The number of aliphatic hydroxyl groups is 1. The van der Waals surface area contributed by atoms with Crippen LogP contribution in [0, 0.1) is 0 Å². The summed E-state index contributed by atoms with van der Waals surface area (Å²) in [4.78, 5) is 4.80. The minimum absolute atomic E-state index is 0.100. The highest BCUT2D eigenvalue weighted by Crippen LogP contribution is 2.34. The van der Waals surface area contributed by atoms with Gasteiger partial charge in [-0.2, -0.15) is 0 Å². The molecule has 4 rings (SSSR count). The van der Waals surface area contributed by atoms with Gasteiger partial charge in [-0.15, -0.1) is 0 Å². The van der Waals surface area contributed by atoms with E-state index in [1.165, 1.54) is 18.4 Å². The number of halogens is 1. The summed E-state index contributed by atoms with van der Waals surface area (Å²) in [6, 6.07) is 7.96. The molecule has 1 fully saturated rings. The van der Waals surface area contributed by atoms with E-state index < -0.39 is 0 Å². The number of pyridine rings is 1. The van der Waals surface area contributed by atoms with Crippen LogP contribution in [-0.2, 0) is 6.61 Å². The van der Waals surface area contributed by atoms with Crippen molar-refractivity contribution in [2.24, 2.45) is 0 Å². The van der Waals surface area contributed by atoms with Gasteiger partial charge in [0.15, 0.2) is 0 Å². The number of methoxy groups -OCH3 is 1. The smallest absolute Gasteiger partial charge is 0.137 e. The first-order valence-corrected chi connectivity index (χ1v) is 9.74. The molecule has 1 saturated heterocycles. The summed E-state index contributed by atoms with van der Waals surface area (Å²) in [5.41, 5.74) is 4.62. The van der Waals surface area contributed by atoms with Crippen LogP contribution in [0.3, 0.4) is 0 Å². The Kier molecular flexibility index (Phi) is 5.34. The van der Waals surface area contributed by atoms with Gasteiger partial charge in [0.25, 0.3) is 0 Å². The van der Waals surface area contributed by atoms with Crippen molar-refractivity contribution in [3.05, 3.63) is 52.8 Å². The molecular weight excluding hydrogens is 362 g/mol. The standard InChI is InChI=1S/C21H24ClN3O2/c1-27-20-9-16(13-26)17(11-18(20)22)19-12-25-8-5-15(10-21(25)24-19)14-3-2-6-23-7-4-14/h5,8-12,14,23,26H,2-4,6-7,13H2,1H3. The summed E-state index contributed by atoms with van der Waals surface area (Å²) in [7, 11) is 1.57. The zero-order chi connectivity index (χ0) is 18.8. The first-order valence-electron chi connectivity index (χ1n) is 9.36. The number of nitrogens with zero attached hydrogens (tertiary/aromatic N) is 2. The van der Waals surface area contributed by atoms with Crippen molar-refractivity contribution in [2.45, 2.75) is 31.8 Å². The fourth-order valence-corrected chi connectivity index (χ4v) is 4.10. The molecule has 0 amide bonds. The first-order chi connectivity index (χ1) is 13.2. The van der Waals surface area contributed by atoms with E-state index in [0.29, 0.717) is 16.7 Å². The van der Waals surface area contributed by atoms with Gasteiger partial charge >= 0.3 is 0 Å². The molecule has 2 aromatic heterocycles. The number of rotatable bonds is 4. The fourth-order valence-electron chi connectivity index (χ4n) is 3.85. The topological polar surface area (TPSA) is 58.8 Å². The number of fused-ring (bicyclic) bond motifs is 1. The fraction of sp³-hybridized carbons (Fsp3) is 0.381. The molecule has 27 heavy (non-hydrogen) atoms. The summed E-state index contributed by atoms with van der Waals surface area (Å²) < 4.78 is 7.28. The lowest BCUT2D eigenvalue weighted by Crippen LogP contribution is -2.13. The Labute approximate surface area is 164 Å². The highest BCUT2D eigenvalue weighted by molar-refractivity contribution is 6.32. The molecule has 1 atom stereocenters. The van der Waals surface area contributed by atoms with Crippen LogP contribution < -0.4 is 10.1 Å². The van der Waals surface area contributed by atoms with Gasteiger partial charge in [0, 0.05) is 18.0 Å². The average Bonchev–Trinajstić information content (AvgIpc) is 2.92. The average molecular weight is 386 g/mol. The third-order valence-corrected chi connectivity index (χ3v) is 5.65. The normalized spacial score (nSPS) is 17.8. The van der Waals surface area contributed by atoms with Crippen molar-refractivity contribution in [1.29, 1.82) is 0 Å². The number of imidazole rings is 1. The van der Waals surface area contributed by atoms with Gasteiger partial charge in [0.05, 0.1) is 24.4 Å². The second-order valence-corrected chi connectivity index (χ2v) is 7.44. The minimum atomic E-state index is -0.100. The minimum Gasteiger partial charge on any atom is -0.495 e. The predicted octanol–water partition coefficient (Wildman–Crippen LogP) is 4.01. The summed E-state index contributed by atoms with van der Waals surface area (Å²) in [6.45, 7) is 2.07. The number of aromatic nitrogens is 2. The second-order valence-electron chi connectivity index (χ2n) is 7.03. The quantitative estimate of drug-likeness (QED) is 0.712. The van der Waals surface area contributed by atoms with Gasteiger partial charge in [-0.25, -0.2) is 4.98 Å². The molecule has 0 saturated carbocycles. The molecule has 0 radical (unpaired) electrons. The summed E-state index contributed by atoms with van der Waals surface area (Å²) in [5, 5.41) is 13.7. The third-order valence-electron chi connectivity index (χ3n) is 5.36. The molecule has 1 unspecified atom stereocenters. The predicted molar refractivity (Wildman–Crippen MR) is 108 cm³/mol. The zero-order valence-electron chi connectivity index (χ0n) is 15.4. The number of ether oxygens (including phenoxy) is 1. The number of nitrogens with one attached hydrogen (secondary N) is 1. The van der Waals surface area contributed by atoms with E-state index in [-0.39, 0.29) is 6.61 Å². The molecule has 1 aliphatic heterocycles. The molecule has 3 aromatic rings. The number of hydrogen-bond acceptors (Lipinski definition) is 4. The van der Waals surface area contributed by atoms with Gasteiger partial charge in [0.1, 0.15) is 11.4 Å². The SMILES string of the molecule is COc1cc(CO)c(-c2cn3ccc(C4CCCNCC4)cc3n2)cc1Cl. The molecule has 6 heteroatoms. The molecule has 1 aromatic carbocycles. The van der Waals surface area contributed by atoms with Crippen molar-refractivity contribution in [3.8, 4) is 17.0 Å². The van der Waals surface area contributed by atoms with Crippen LogP contribution in [0.25, 0.3) is 16.9 Å². The molecule has 142 valence electrons. The van der Waals surface area contributed by atoms with Crippen LogP contribution in [0.4, 0.5) is 0 Å². The molecule has 0 spiro atoms. The largest absolute Gasteiger partial charge is 0.495 e. The monoisotopic (exact) mass is 385 g/mol. The summed E-state index contributed by atoms with van der Waals surface area (Å²) in [5.74, 6) is 1.13. The third kappa shape index (κ3) is 3.68. The summed E-state index contributed by atoms with van der Waals surface area (Å²) in [6.07, 6.45) is 7.63. The Morgan fingerprint density at radius 3 is 3.00 bits per heavy atom. The lowest BCUT2D eigenvalue weighted by Gasteiger charge is -2.14. The van der Waals surface area contributed by atoms with Gasteiger partial charge in [-0.3, -0.25) is 0 Å². The van der Waals surface area contributed by atoms with Crippen LogP contribution in [-0.4, -0.2) is 34.7 Å². The Morgan fingerprint density at radius 1 is 1.30 bits per heavy atom. The highest BCUT2D eigenvalue weighted by Gasteiger charge is 2.17. The van der Waals surface area contributed by atoms with Crippen LogP contribution in [0.15, 0.2) is 36.7 Å². The molecule has 1 aliphatic rings. The molecule has 0 aliphatic carbocycles. The van der Waals surface area contributed by atoms with E-state index >= 15 is 0 Å². The molecular formula is C21H24ClN3O2. The summed E-state index contributed by atoms with van der Waals surface area (Å²) >= 11 is 6.30. The van der Waals surface area contributed by atoms with Gasteiger partial charge < -0.3 is 19.6 Å². The maximum atomic E-state index is 9.77. The lowest BCUT2D eigenvalue weighted by molar-refractivity contribution is 0.281. The highest BCUT2D eigenvalue weighted by atomic mass is 35.5. The molecule has 0 bridgehead atoms. The van der Waals surface area contributed by atoms with Crippen LogP contribution in [0.2, 0.25) is 5.02 Å². The van der Waals surface area contributed by atoms with Crippen molar-refractivity contribution in [3.63, 3.8) is 0 Å². The second kappa shape index (κ2) is 7.89. The van der Waals surface area contributed by atoms with Crippen LogP contribution >= 0.6 is 11.6 Å². The Hall–Kier alpha value is -2.08. The van der Waals surface area contributed by atoms with E-state index in [1.807, 2.05) is 16.7 Å². The first kappa shape index (κ1) is 18.3. The van der Waals surface area contributed by atoms with Crippen molar-refractivity contribution in [2.75, 3.05) is 20.2 Å². The maximum absolute atomic E-state index is 9.77. The van der Waals surface area contributed by atoms with Crippen LogP contribution in [0.1, 0.15) is 36.3 Å². The molecule has 3 heterocycles. The van der Waals surface area contributed by atoms with Crippen molar-refractivity contribution >= 4 is 17.2 Å². The Bertz CT molecular complexity index is 946. The molecule has 2 N–H and O–H groups in total. The zero-order valence-corrected chi connectivity index (χ0v) is 16.2. The lowest BCUT2D eigenvalue weighted by atomic mass is 9.93. The number of hydrogen-bond donors (Lipinski definition) is 2. The van der Waals surface area contributed by atoms with Crippen LogP contribution in [0.5, 0.6) is 5.75 Å². The Balaban J connectivity index is 1.72. The van der Waals surface area contributed by atoms with E-state index in [1.54, 1.807) is 13.2 Å².